The molecule has 0 spiro atoms. The molecule has 0 unspecified atom stereocenters. The molecule has 0 fully saturated rings. The van der Waals surface area contributed by atoms with E-state index in [1.54, 1.807) is 7.11 Å². The first-order chi connectivity index (χ1) is 11.2. The number of amides is 1. The fourth-order valence-corrected chi connectivity index (χ4v) is 2.05. The van der Waals surface area contributed by atoms with Gasteiger partial charge in [0, 0.05) is 6.54 Å². The Bertz CT molecular complexity index is 666. The Labute approximate surface area is 136 Å². The van der Waals surface area contributed by atoms with Crippen LogP contribution in [0.1, 0.15) is 16.7 Å². The van der Waals surface area contributed by atoms with Crippen molar-refractivity contribution in [2.45, 2.75) is 13.5 Å². The van der Waals surface area contributed by atoms with Gasteiger partial charge < -0.3 is 14.8 Å². The number of carbonyl (C=O) groups is 1. The van der Waals surface area contributed by atoms with Crippen LogP contribution in [0.25, 0.3) is 6.08 Å². The summed E-state index contributed by atoms with van der Waals surface area (Å²) in [7, 11) is 1.65. The summed E-state index contributed by atoms with van der Waals surface area (Å²) < 4.78 is 10.4. The minimum Gasteiger partial charge on any atom is -0.496 e. The van der Waals surface area contributed by atoms with Crippen molar-refractivity contribution in [1.82, 2.24) is 5.32 Å². The van der Waals surface area contributed by atoms with Crippen LogP contribution in [0.5, 0.6) is 5.75 Å². The summed E-state index contributed by atoms with van der Waals surface area (Å²) in [4.78, 5) is 11.6. The van der Waals surface area contributed by atoms with Crippen LogP contribution in [0, 0.1) is 6.92 Å². The van der Waals surface area contributed by atoms with E-state index in [4.69, 9.17) is 9.47 Å². The molecule has 2 rings (SSSR count). The van der Waals surface area contributed by atoms with Crippen LogP contribution in [0.15, 0.2) is 54.6 Å². The Kier molecular flexibility index (Phi) is 6.24. The molecule has 120 valence electrons. The van der Waals surface area contributed by atoms with E-state index in [0.29, 0.717) is 6.54 Å². The van der Waals surface area contributed by atoms with E-state index >= 15 is 0 Å². The number of carbonyl (C=O) groups excluding carboxylic acids is 1. The highest BCUT2D eigenvalue weighted by molar-refractivity contribution is 5.67. The lowest BCUT2D eigenvalue weighted by atomic mass is 10.1. The standard InChI is InChI=1S/C19H21NO3/c1-15-10-11-16(13-18(15)22-2)9-6-12-20-19(21)23-14-17-7-4-3-5-8-17/h3-11,13H,12,14H2,1-2H3,(H,20,21). The number of benzene rings is 2. The molecule has 2 aromatic carbocycles. The van der Waals surface area contributed by atoms with Gasteiger partial charge in [-0.1, -0.05) is 54.6 Å². The first-order valence-corrected chi connectivity index (χ1v) is 7.45. The van der Waals surface area contributed by atoms with Crippen molar-refractivity contribution < 1.29 is 14.3 Å². The Balaban J connectivity index is 1.74. The molecule has 0 aromatic heterocycles. The maximum Gasteiger partial charge on any atom is 0.407 e. The first-order valence-electron chi connectivity index (χ1n) is 7.45. The fourth-order valence-electron chi connectivity index (χ4n) is 2.05. The molecule has 4 nitrogen and oxygen atoms in total. The molecular formula is C19H21NO3. The number of hydrogen-bond acceptors (Lipinski definition) is 3. The second-order valence-corrected chi connectivity index (χ2v) is 5.07. The number of rotatable bonds is 6. The van der Waals surface area contributed by atoms with E-state index in [-0.39, 0.29) is 6.61 Å². The van der Waals surface area contributed by atoms with E-state index in [0.717, 1.165) is 22.4 Å². The summed E-state index contributed by atoms with van der Waals surface area (Å²) in [5, 5.41) is 2.68. The maximum absolute atomic E-state index is 11.6. The molecule has 23 heavy (non-hydrogen) atoms. The van der Waals surface area contributed by atoms with Gasteiger partial charge in [-0.15, -0.1) is 0 Å². The van der Waals surface area contributed by atoms with Crippen LogP contribution in [0.3, 0.4) is 0 Å². The lowest BCUT2D eigenvalue weighted by molar-refractivity contribution is 0.141. The van der Waals surface area contributed by atoms with E-state index in [1.165, 1.54) is 0 Å². The molecule has 4 heteroatoms. The highest BCUT2D eigenvalue weighted by Gasteiger charge is 2.01. The van der Waals surface area contributed by atoms with Crippen LogP contribution >= 0.6 is 0 Å². The Hall–Kier alpha value is -2.75. The van der Waals surface area contributed by atoms with E-state index in [9.17, 15) is 4.79 Å². The molecule has 0 atom stereocenters. The third-order valence-electron chi connectivity index (χ3n) is 3.32. The Morgan fingerprint density at radius 3 is 2.70 bits per heavy atom. The molecule has 0 saturated carbocycles. The van der Waals surface area contributed by atoms with Crippen LogP contribution in [-0.4, -0.2) is 19.7 Å². The third kappa shape index (κ3) is 5.51. The van der Waals surface area contributed by atoms with E-state index in [1.807, 2.05) is 67.6 Å². The van der Waals surface area contributed by atoms with Crippen molar-refractivity contribution >= 4 is 12.2 Å². The second-order valence-electron chi connectivity index (χ2n) is 5.07. The number of nitrogens with one attached hydrogen (secondary N) is 1. The van der Waals surface area contributed by atoms with Crippen LogP contribution in [-0.2, 0) is 11.3 Å². The number of aryl methyl sites for hydroxylation is 1. The van der Waals surface area contributed by atoms with Crippen molar-refractivity contribution in [1.29, 1.82) is 0 Å². The normalized spacial score (nSPS) is 10.5. The topological polar surface area (TPSA) is 47.6 Å². The van der Waals surface area contributed by atoms with Crippen molar-refractivity contribution in [3.63, 3.8) is 0 Å². The predicted octanol–water partition coefficient (Wildman–Crippen LogP) is 3.94. The SMILES string of the molecule is COc1cc(C=CCNC(=O)OCc2ccccc2)ccc1C. The summed E-state index contributed by atoms with van der Waals surface area (Å²) in [6, 6.07) is 15.5. The zero-order valence-electron chi connectivity index (χ0n) is 13.4. The molecule has 0 radical (unpaired) electrons. The van der Waals surface area contributed by atoms with E-state index in [2.05, 4.69) is 5.32 Å². The van der Waals surface area contributed by atoms with Gasteiger partial charge in [-0.05, 0) is 29.7 Å². The van der Waals surface area contributed by atoms with Gasteiger partial charge in [0.05, 0.1) is 7.11 Å². The first kappa shape index (κ1) is 16.6. The smallest absolute Gasteiger partial charge is 0.407 e. The number of methoxy groups -OCH3 is 1. The van der Waals surface area contributed by atoms with Crippen LogP contribution < -0.4 is 10.1 Å². The molecule has 0 aliphatic rings. The molecule has 1 N–H and O–H groups in total. The lowest BCUT2D eigenvalue weighted by Gasteiger charge is -2.06. The fraction of sp³-hybridized carbons (Fsp3) is 0.211. The average molecular weight is 311 g/mol. The van der Waals surface area contributed by atoms with Crippen molar-refractivity contribution in [2.75, 3.05) is 13.7 Å². The lowest BCUT2D eigenvalue weighted by Crippen LogP contribution is -2.24. The minimum atomic E-state index is -0.431. The molecule has 0 bridgehead atoms. The van der Waals surface area contributed by atoms with Gasteiger partial charge in [-0.2, -0.15) is 0 Å². The molecule has 0 aliphatic carbocycles. The summed E-state index contributed by atoms with van der Waals surface area (Å²) in [6.45, 7) is 2.67. The summed E-state index contributed by atoms with van der Waals surface area (Å²) in [5.74, 6) is 0.849. The van der Waals surface area contributed by atoms with Gasteiger partial charge >= 0.3 is 6.09 Å². The van der Waals surface area contributed by atoms with Crippen molar-refractivity contribution in [3.05, 3.63) is 71.3 Å². The third-order valence-corrected chi connectivity index (χ3v) is 3.32. The van der Waals surface area contributed by atoms with Gasteiger partial charge in [0.15, 0.2) is 0 Å². The minimum absolute atomic E-state index is 0.269. The quantitative estimate of drug-likeness (QED) is 0.879. The molecule has 2 aromatic rings. The molecular weight excluding hydrogens is 290 g/mol. The highest BCUT2D eigenvalue weighted by atomic mass is 16.5. The summed E-state index contributed by atoms with van der Waals surface area (Å²) in [5.41, 5.74) is 3.07. The van der Waals surface area contributed by atoms with Gasteiger partial charge in [0.25, 0.3) is 0 Å². The highest BCUT2D eigenvalue weighted by Crippen LogP contribution is 2.19. The van der Waals surface area contributed by atoms with Crippen molar-refractivity contribution in [3.8, 4) is 5.75 Å². The number of ether oxygens (including phenoxy) is 2. The Morgan fingerprint density at radius 2 is 1.96 bits per heavy atom. The van der Waals surface area contributed by atoms with Gasteiger partial charge in [-0.25, -0.2) is 4.79 Å². The number of alkyl carbamates (subject to hydrolysis) is 1. The van der Waals surface area contributed by atoms with Crippen LogP contribution in [0.2, 0.25) is 0 Å². The molecule has 0 aliphatic heterocycles. The average Bonchev–Trinajstić information content (AvgIpc) is 2.59. The second kappa shape index (κ2) is 8.63. The van der Waals surface area contributed by atoms with Gasteiger partial charge in [0.2, 0.25) is 0 Å². The summed E-state index contributed by atoms with van der Waals surface area (Å²) >= 11 is 0. The van der Waals surface area contributed by atoms with Crippen LogP contribution in [0.4, 0.5) is 4.79 Å². The van der Waals surface area contributed by atoms with Gasteiger partial charge in [0.1, 0.15) is 12.4 Å². The zero-order chi connectivity index (χ0) is 16.5. The maximum atomic E-state index is 11.6. The molecule has 0 heterocycles. The molecule has 0 saturated heterocycles. The predicted molar refractivity (Wildman–Crippen MR) is 91.4 cm³/mol. The van der Waals surface area contributed by atoms with Gasteiger partial charge in [-0.3, -0.25) is 0 Å². The van der Waals surface area contributed by atoms with E-state index < -0.39 is 6.09 Å². The number of hydrogen-bond donors (Lipinski definition) is 1. The molecule has 1 amide bonds. The Morgan fingerprint density at radius 1 is 1.17 bits per heavy atom. The van der Waals surface area contributed by atoms with Crippen molar-refractivity contribution in [2.24, 2.45) is 0 Å². The summed E-state index contributed by atoms with van der Waals surface area (Å²) in [6.07, 6.45) is 3.37. The zero-order valence-corrected chi connectivity index (χ0v) is 13.4. The monoisotopic (exact) mass is 311 g/mol. The largest absolute Gasteiger partial charge is 0.496 e.